The van der Waals surface area contributed by atoms with Gasteiger partial charge in [0.2, 0.25) is 0 Å². The lowest BCUT2D eigenvalue weighted by Gasteiger charge is -2.16. The molecule has 2 N–H and O–H groups in total. The average molecular weight is 309 g/mol. The van der Waals surface area contributed by atoms with Crippen LogP contribution in [0, 0.1) is 0 Å². The predicted octanol–water partition coefficient (Wildman–Crippen LogP) is 2.44. The molecule has 0 aliphatic carbocycles. The fourth-order valence-corrected chi connectivity index (χ4v) is 2.15. The fourth-order valence-electron chi connectivity index (χ4n) is 1.76. The summed E-state index contributed by atoms with van der Waals surface area (Å²) in [5, 5.41) is 0. The van der Waals surface area contributed by atoms with Gasteiger partial charge in [-0.3, -0.25) is 4.79 Å². The van der Waals surface area contributed by atoms with Crippen molar-refractivity contribution in [2.75, 3.05) is 5.73 Å². The van der Waals surface area contributed by atoms with Crippen LogP contribution in [0.3, 0.4) is 0 Å². The van der Waals surface area contributed by atoms with Gasteiger partial charge in [0, 0.05) is 23.2 Å². The van der Waals surface area contributed by atoms with Gasteiger partial charge in [0.05, 0.1) is 0 Å². The highest BCUT2D eigenvalue weighted by molar-refractivity contribution is 9.10. The lowest BCUT2D eigenvalue weighted by Crippen LogP contribution is -2.37. The van der Waals surface area contributed by atoms with Gasteiger partial charge in [-0.05, 0) is 39.2 Å². The second kappa shape index (κ2) is 3.90. The van der Waals surface area contributed by atoms with Gasteiger partial charge in [0.25, 0.3) is 0 Å². The minimum atomic E-state index is -4.83. The van der Waals surface area contributed by atoms with Crippen molar-refractivity contribution in [3.05, 3.63) is 27.7 Å². The standard InChI is InChI=1S/C10H8BrF3N2O/c11-7-1-5-3-16(9(17)10(12,13)14)4-6(5)2-8(7)15/h1-2H,3-4,15H2. The molecule has 1 aliphatic heterocycles. The number of nitrogens with zero attached hydrogens (tertiary/aromatic N) is 1. The van der Waals surface area contributed by atoms with Gasteiger partial charge < -0.3 is 10.6 Å². The number of amides is 1. The van der Waals surface area contributed by atoms with E-state index in [1.165, 1.54) is 0 Å². The van der Waals surface area contributed by atoms with Crippen LogP contribution in [-0.4, -0.2) is 17.0 Å². The zero-order valence-corrected chi connectivity index (χ0v) is 10.1. The minimum Gasteiger partial charge on any atom is -0.398 e. The number of benzene rings is 1. The summed E-state index contributed by atoms with van der Waals surface area (Å²) in [5.74, 6) is -1.82. The van der Waals surface area contributed by atoms with Crippen LogP contribution in [0.25, 0.3) is 0 Å². The van der Waals surface area contributed by atoms with E-state index in [2.05, 4.69) is 15.9 Å². The van der Waals surface area contributed by atoms with Crippen LogP contribution < -0.4 is 5.73 Å². The molecule has 3 nitrogen and oxygen atoms in total. The molecule has 1 aliphatic rings. The van der Waals surface area contributed by atoms with E-state index in [-0.39, 0.29) is 13.1 Å². The molecule has 0 radical (unpaired) electrons. The summed E-state index contributed by atoms with van der Waals surface area (Å²) < 4.78 is 37.4. The summed E-state index contributed by atoms with van der Waals surface area (Å²) in [5.41, 5.74) is 7.42. The van der Waals surface area contributed by atoms with E-state index in [4.69, 9.17) is 5.73 Å². The van der Waals surface area contributed by atoms with E-state index >= 15 is 0 Å². The number of nitrogen functional groups attached to an aromatic ring is 1. The number of fused-ring (bicyclic) bond motifs is 1. The minimum absolute atomic E-state index is 0.0352. The number of carbonyl (C=O) groups is 1. The lowest BCUT2D eigenvalue weighted by molar-refractivity contribution is -0.186. The van der Waals surface area contributed by atoms with Crippen LogP contribution in [0.1, 0.15) is 11.1 Å². The number of carbonyl (C=O) groups excluding carboxylic acids is 1. The van der Waals surface area contributed by atoms with Gasteiger partial charge in [-0.2, -0.15) is 13.2 Å². The highest BCUT2D eigenvalue weighted by atomic mass is 79.9. The van der Waals surface area contributed by atoms with Gasteiger partial charge in [-0.1, -0.05) is 0 Å². The zero-order valence-electron chi connectivity index (χ0n) is 8.51. The van der Waals surface area contributed by atoms with Gasteiger partial charge in [-0.25, -0.2) is 0 Å². The van der Waals surface area contributed by atoms with E-state index in [0.717, 1.165) is 4.90 Å². The lowest BCUT2D eigenvalue weighted by atomic mass is 10.1. The molecule has 0 saturated carbocycles. The van der Waals surface area contributed by atoms with Crippen LogP contribution in [-0.2, 0) is 17.9 Å². The first kappa shape index (κ1) is 12.2. The van der Waals surface area contributed by atoms with Gasteiger partial charge in [0.15, 0.2) is 0 Å². The van der Waals surface area contributed by atoms with Crippen LogP contribution >= 0.6 is 15.9 Å². The van der Waals surface area contributed by atoms with E-state index in [9.17, 15) is 18.0 Å². The number of nitrogens with two attached hydrogens (primary N) is 1. The Morgan fingerprint density at radius 1 is 1.29 bits per heavy atom. The van der Waals surface area contributed by atoms with Crippen LogP contribution in [0.4, 0.5) is 18.9 Å². The molecular weight excluding hydrogens is 301 g/mol. The largest absolute Gasteiger partial charge is 0.471 e. The molecule has 0 atom stereocenters. The number of anilines is 1. The van der Waals surface area contributed by atoms with E-state index in [1.54, 1.807) is 12.1 Å². The quantitative estimate of drug-likeness (QED) is 0.748. The Bertz CT molecular complexity index is 456. The third kappa shape index (κ3) is 2.24. The maximum atomic E-state index is 12.3. The summed E-state index contributed by atoms with van der Waals surface area (Å²) in [7, 11) is 0. The molecular formula is C10H8BrF3N2O. The Morgan fingerprint density at radius 2 is 1.82 bits per heavy atom. The molecule has 1 aromatic rings. The van der Waals surface area contributed by atoms with E-state index in [0.29, 0.717) is 21.3 Å². The number of hydrogen-bond acceptors (Lipinski definition) is 2. The highest BCUT2D eigenvalue weighted by Crippen LogP contribution is 2.32. The molecule has 0 bridgehead atoms. The molecule has 0 saturated heterocycles. The molecule has 0 fully saturated rings. The molecule has 0 aromatic heterocycles. The number of alkyl halides is 3. The Hall–Kier alpha value is -1.24. The fraction of sp³-hybridized carbons (Fsp3) is 0.300. The summed E-state index contributed by atoms with van der Waals surface area (Å²) in [6.07, 6.45) is -4.83. The summed E-state index contributed by atoms with van der Waals surface area (Å²) in [6, 6.07) is 3.23. The van der Waals surface area contributed by atoms with Crippen molar-refractivity contribution in [1.29, 1.82) is 0 Å². The molecule has 1 heterocycles. The van der Waals surface area contributed by atoms with Crippen molar-refractivity contribution >= 4 is 27.5 Å². The summed E-state index contributed by atoms with van der Waals surface area (Å²) in [4.78, 5) is 11.8. The first-order valence-electron chi connectivity index (χ1n) is 4.72. The molecule has 1 amide bonds. The van der Waals surface area contributed by atoms with Crippen LogP contribution in [0.5, 0.6) is 0 Å². The monoisotopic (exact) mass is 308 g/mol. The Labute approximate surface area is 104 Å². The molecule has 0 spiro atoms. The van der Waals surface area contributed by atoms with Crippen molar-refractivity contribution in [1.82, 2.24) is 4.90 Å². The second-order valence-corrected chi connectivity index (χ2v) is 4.66. The molecule has 2 rings (SSSR count). The van der Waals surface area contributed by atoms with Crippen molar-refractivity contribution in [2.24, 2.45) is 0 Å². The van der Waals surface area contributed by atoms with E-state index in [1.807, 2.05) is 0 Å². The molecule has 92 valence electrons. The third-order valence-electron chi connectivity index (χ3n) is 2.57. The SMILES string of the molecule is Nc1cc2c(cc1Br)CN(C(=O)C(F)(F)F)C2. The summed E-state index contributed by atoms with van der Waals surface area (Å²) >= 11 is 3.19. The van der Waals surface area contributed by atoms with Crippen molar-refractivity contribution in [2.45, 2.75) is 19.3 Å². The van der Waals surface area contributed by atoms with Crippen molar-refractivity contribution < 1.29 is 18.0 Å². The van der Waals surface area contributed by atoms with Gasteiger partial charge in [0.1, 0.15) is 0 Å². The first-order valence-corrected chi connectivity index (χ1v) is 5.51. The van der Waals surface area contributed by atoms with Gasteiger partial charge in [-0.15, -0.1) is 0 Å². The second-order valence-electron chi connectivity index (χ2n) is 3.80. The zero-order chi connectivity index (χ0) is 12.8. The number of halogens is 4. The van der Waals surface area contributed by atoms with Crippen molar-refractivity contribution in [3.8, 4) is 0 Å². The normalized spacial score (nSPS) is 14.9. The molecule has 7 heteroatoms. The smallest absolute Gasteiger partial charge is 0.398 e. The van der Waals surface area contributed by atoms with Crippen LogP contribution in [0.2, 0.25) is 0 Å². The average Bonchev–Trinajstić information content (AvgIpc) is 2.59. The third-order valence-corrected chi connectivity index (χ3v) is 3.26. The first-order chi connectivity index (χ1) is 7.79. The molecule has 17 heavy (non-hydrogen) atoms. The highest BCUT2D eigenvalue weighted by Gasteiger charge is 2.44. The molecule has 1 aromatic carbocycles. The number of hydrogen-bond donors (Lipinski definition) is 1. The Balaban J connectivity index is 2.25. The van der Waals surface area contributed by atoms with Gasteiger partial charge >= 0.3 is 12.1 Å². The maximum Gasteiger partial charge on any atom is 0.471 e. The van der Waals surface area contributed by atoms with E-state index < -0.39 is 12.1 Å². The Kier molecular flexibility index (Phi) is 2.81. The van der Waals surface area contributed by atoms with Crippen LogP contribution in [0.15, 0.2) is 16.6 Å². The predicted molar refractivity (Wildman–Crippen MR) is 58.9 cm³/mol. The summed E-state index contributed by atoms with van der Waals surface area (Å²) in [6.45, 7) is -0.0856. The topological polar surface area (TPSA) is 46.3 Å². The molecule has 0 unspecified atom stereocenters. The Morgan fingerprint density at radius 3 is 2.35 bits per heavy atom. The maximum absolute atomic E-state index is 12.3. The number of rotatable bonds is 0. The van der Waals surface area contributed by atoms with Crippen molar-refractivity contribution in [3.63, 3.8) is 0 Å².